The zero-order valence-corrected chi connectivity index (χ0v) is 9.30. The smallest absolute Gasteiger partial charge is 0.0377 e. The van der Waals surface area contributed by atoms with E-state index in [1.165, 1.54) is 24.1 Å². The molecule has 1 heterocycles. The molecule has 0 aliphatic carbocycles. The lowest BCUT2D eigenvalue weighted by molar-refractivity contribution is 0.670. The molecule has 1 N–H and O–H groups in total. The van der Waals surface area contributed by atoms with Gasteiger partial charge in [-0.05, 0) is 42.9 Å². The molecule has 0 fully saturated rings. The maximum absolute atomic E-state index is 3.56. The zero-order valence-electron chi connectivity index (χ0n) is 9.30. The lowest BCUT2D eigenvalue weighted by Crippen LogP contribution is -2.22. The molecule has 0 saturated heterocycles. The maximum Gasteiger partial charge on any atom is 0.0377 e. The van der Waals surface area contributed by atoms with E-state index in [1.807, 2.05) is 0 Å². The molecule has 1 aromatic rings. The lowest BCUT2D eigenvalue weighted by atomic mass is 9.89. The second-order valence-corrected chi connectivity index (χ2v) is 4.61. The number of anilines is 1. The first-order valence-electron chi connectivity index (χ1n) is 5.57. The van der Waals surface area contributed by atoms with E-state index in [0.717, 1.165) is 0 Å². The van der Waals surface area contributed by atoms with Gasteiger partial charge in [0.05, 0.1) is 0 Å². The normalized spacial score (nSPS) is 20.4. The maximum atomic E-state index is 3.56. The van der Waals surface area contributed by atoms with Crippen LogP contribution >= 0.6 is 0 Å². The Morgan fingerprint density at radius 2 is 2.14 bits per heavy atom. The predicted molar refractivity (Wildman–Crippen MR) is 61.9 cm³/mol. The Balaban J connectivity index is 2.41. The monoisotopic (exact) mass is 189 g/mol. The van der Waals surface area contributed by atoms with Gasteiger partial charge in [-0.25, -0.2) is 0 Å². The van der Waals surface area contributed by atoms with Crippen LogP contribution in [-0.2, 0) is 6.42 Å². The van der Waals surface area contributed by atoms with E-state index in [0.29, 0.717) is 12.0 Å². The molecular formula is C13H19N. The molecule has 0 saturated carbocycles. The number of benzene rings is 1. The molecule has 0 spiro atoms. The van der Waals surface area contributed by atoms with E-state index in [1.54, 1.807) is 5.56 Å². The average molecular weight is 189 g/mol. The Bertz CT molecular complexity index is 328. The van der Waals surface area contributed by atoms with Crippen LogP contribution in [0.1, 0.15) is 44.2 Å². The van der Waals surface area contributed by atoms with E-state index in [9.17, 15) is 0 Å². The Morgan fingerprint density at radius 1 is 1.36 bits per heavy atom. The third kappa shape index (κ3) is 1.63. The van der Waals surface area contributed by atoms with Crippen molar-refractivity contribution in [3.63, 3.8) is 0 Å². The molecule has 2 rings (SSSR count). The van der Waals surface area contributed by atoms with Crippen molar-refractivity contribution >= 4 is 5.69 Å². The molecule has 0 unspecified atom stereocenters. The van der Waals surface area contributed by atoms with Crippen molar-refractivity contribution in [1.82, 2.24) is 0 Å². The highest BCUT2D eigenvalue weighted by Gasteiger charge is 2.17. The minimum Gasteiger partial charge on any atom is -0.382 e. The van der Waals surface area contributed by atoms with Gasteiger partial charge in [0.2, 0.25) is 0 Å². The Morgan fingerprint density at radius 3 is 2.86 bits per heavy atom. The van der Waals surface area contributed by atoms with Gasteiger partial charge in [0.1, 0.15) is 0 Å². The summed E-state index contributed by atoms with van der Waals surface area (Å²) in [6, 6.07) is 7.27. The molecule has 0 bridgehead atoms. The van der Waals surface area contributed by atoms with E-state index in [-0.39, 0.29) is 0 Å². The first-order chi connectivity index (χ1) is 6.68. The van der Waals surface area contributed by atoms with Crippen LogP contribution in [-0.4, -0.2) is 6.04 Å². The number of hydrogen-bond donors (Lipinski definition) is 1. The fourth-order valence-electron chi connectivity index (χ4n) is 2.26. The van der Waals surface area contributed by atoms with Crippen molar-refractivity contribution in [2.45, 2.75) is 45.6 Å². The number of fused-ring (bicyclic) bond motifs is 1. The fourth-order valence-corrected chi connectivity index (χ4v) is 2.26. The molecule has 1 atom stereocenters. The van der Waals surface area contributed by atoms with Crippen molar-refractivity contribution in [1.29, 1.82) is 0 Å². The summed E-state index contributed by atoms with van der Waals surface area (Å²) < 4.78 is 0. The minimum absolute atomic E-state index is 0.630. The molecule has 0 radical (unpaired) electrons. The molecule has 1 aliphatic rings. The molecule has 1 aromatic carbocycles. The first-order valence-corrected chi connectivity index (χ1v) is 5.57. The van der Waals surface area contributed by atoms with E-state index >= 15 is 0 Å². The molecule has 76 valence electrons. The summed E-state index contributed by atoms with van der Waals surface area (Å²) in [6.45, 7) is 6.80. The van der Waals surface area contributed by atoms with Gasteiger partial charge in [-0.15, -0.1) is 0 Å². The molecule has 0 aromatic heterocycles. The van der Waals surface area contributed by atoms with Gasteiger partial charge >= 0.3 is 0 Å². The number of rotatable bonds is 1. The molecule has 14 heavy (non-hydrogen) atoms. The van der Waals surface area contributed by atoms with Gasteiger partial charge in [0, 0.05) is 11.7 Å². The second kappa shape index (κ2) is 3.64. The van der Waals surface area contributed by atoms with Crippen molar-refractivity contribution in [2.24, 2.45) is 0 Å². The second-order valence-electron chi connectivity index (χ2n) is 4.61. The van der Waals surface area contributed by atoms with Crippen LogP contribution in [0.15, 0.2) is 18.2 Å². The largest absolute Gasteiger partial charge is 0.382 e. The minimum atomic E-state index is 0.630. The van der Waals surface area contributed by atoms with Crippen molar-refractivity contribution in [3.05, 3.63) is 29.3 Å². The summed E-state index contributed by atoms with van der Waals surface area (Å²) >= 11 is 0. The lowest BCUT2D eigenvalue weighted by Gasteiger charge is -2.27. The number of hydrogen-bond acceptors (Lipinski definition) is 1. The molecule has 1 heteroatoms. The van der Waals surface area contributed by atoms with Gasteiger partial charge in [-0.2, -0.15) is 0 Å². The van der Waals surface area contributed by atoms with Crippen molar-refractivity contribution < 1.29 is 0 Å². The SMILES string of the molecule is CC(C)c1cccc2c1CC[C@@H](C)N2. The van der Waals surface area contributed by atoms with E-state index in [2.05, 4.69) is 44.3 Å². The summed E-state index contributed by atoms with van der Waals surface area (Å²) in [4.78, 5) is 0. The standard InChI is InChI=1S/C13H19N/c1-9(2)11-5-4-6-13-12(11)8-7-10(3)14-13/h4-6,9-10,14H,7-8H2,1-3H3/t10-/m1/s1. The Kier molecular flexibility index (Phi) is 2.49. The highest BCUT2D eigenvalue weighted by molar-refractivity contribution is 5.57. The first kappa shape index (κ1) is 9.57. The van der Waals surface area contributed by atoms with Crippen LogP contribution in [0.25, 0.3) is 0 Å². The highest BCUT2D eigenvalue weighted by Crippen LogP contribution is 2.31. The van der Waals surface area contributed by atoms with Crippen molar-refractivity contribution in [3.8, 4) is 0 Å². The third-order valence-corrected chi connectivity index (χ3v) is 3.06. The predicted octanol–water partition coefficient (Wildman–Crippen LogP) is 3.56. The van der Waals surface area contributed by atoms with Crippen LogP contribution in [0.3, 0.4) is 0 Å². The summed E-state index contributed by atoms with van der Waals surface area (Å²) in [5.74, 6) is 0.639. The Labute approximate surface area is 86.5 Å². The van der Waals surface area contributed by atoms with E-state index in [4.69, 9.17) is 0 Å². The van der Waals surface area contributed by atoms with Crippen LogP contribution in [0, 0.1) is 0 Å². The van der Waals surface area contributed by atoms with Gasteiger partial charge < -0.3 is 5.32 Å². The average Bonchev–Trinajstić information content (AvgIpc) is 2.16. The topological polar surface area (TPSA) is 12.0 Å². The van der Waals surface area contributed by atoms with Crippen LogP contribution in [0.2, 0.25) is 0 Å². The molecule has 1 nitrogen and oxygen atoms in total. The summed E-state index contributed by atoms with van der Waals surface area (Å²) in [5, 5.41) is 3.56. The number of nitrogens with one attached hydrogen (secondary N) is 1. The molecule has 0 amide bonds. The van der Waals surface area contributed by atoms with E-state index < -0.39 is 0 Å². The van der Waals surface area contributed by atoms with Crippen LogP contribution in [0.5, 0.6) is 0 Å². The fraction of sp³-hybridized carbons (Fsp3) is 0.538. The summed E-state index contributed by atoms with van der Waals surface area (Å²) in [6.07, 6.45) is 2.49. The van der Waals surface area contributed by atoms with Gasteiger partial charge in [0.15, 0.2) is 0 Å². The Hall–Kier alpha value is -0.980. The van der Waals surface area contributed by atoms with Crippen LogP contribution < -0.4 is 5.32 Å². The molecular weight excluding hydrogens is 170 g/mol. The van der Waals surface area contributed by atoms with Gasteiger partial charge in [-0.3, -0.25) is 0 Å². The highest BCUT2D eigenvalue weighted by atomic mass is 14.9. The quantitative estimate of drug-likeness (QED) is 0.712. The van der Waals surface area contributed by atoms with Crippen LogP contribution in [0.4, 0.5) is 5.69 Å². The zero-order chi connectivity index (χ0) is 10.1. The summed E-state index contributed by atoms with van der Waals surface area (Å²) in [7, 11) is 0. The van der Waals surface area contributed by atoms with Gasteiger partial charge in [0.25, 0.3) is 0 Å². The van der Waals surface area contributed by atoms with Gasteiger partial charge in [-0.1, -0.05) is 26.0 Å². The summed E-state index contributed by atoms with van der Waals surface area (Å²) in [5.41, 5.74) is 4.41. The van der Waals surface area contributed by atoms with Crippen molar-refractivity contribution in [2.75, 3.05) is 5.32 Å². The third-order valence-electron chi connectivity index (χ3n) is 3.06. The molecule has 1 aliphatic heterocycles.